The molecule has 4 nitrogen and oxygen atoms in total. The summed E-state index contributed by atoms with van der Waals surface area (Å²) >= 11 is 6.03. The molecular formula is C16H22ClNO3. The molecule has 2 rings (SSSR count). The van der Waals surface area contributed by atoms with E-state index in [1.54, 1.807) is 31.0 Å². The molecule has 0 spiro atoms. The molecule has 3 atom stereocenters. The Morgan fingerprint density at radius 1 is 1.38 bits per heavy atom. The molecule has 1 aromatic carbocycles. The lowest BCUT2D eigenvalue weighted by Crippen LogP contribution is -2.50. The number of halogens is 1. The number of rotatable bonds is 4. The van der Waals surface area contributed by atoms with Gasteiger partial charge in [0.1, 0.15) is 5.75 Å². The second-order valence-electron chi connectivity index (χ2n) is 5.56. The van der Waals surface area contributed by atoms with Crippen molar-refractivity contribution in [3.05, 3.63) is 29.3 Å². The third-order valence-corrected chi connectivity index (χ3v) is 4.34. The minimum absolute atomic E-state index is 0.122. The highest BCUT2D eigenvalue weighted by Crippen LogP contribution is 2.26. The van der Waals surface area contributed by atoms with Crippen LogP contribution >= 0.6 is 11.6 Å². The first-order chi connectivity index (χ1) is 10.0. The lowest BCUT2D eigenvalue weighted by Gasteiger charge is -2.36. The summed E-state index contributed by atoms with van der Waals surface area (Å²) in [5.41, 5.74) is 0. The highest BCUT2D eigenvalue weighted by Gasteiger charge is 2.32. The van der Waals surface area contributed by atoms with Gasteiger partial charge in [0, 0.05) is 7.05 Å². The zero-order valence-electron chi connectivity index (χ0n) is 12.5. The van der Waals surface area contributed by atoms with Crippen LogP contribution in [0.1, 0.15) is 32.6 Å². The van der Waals surface area contributed by atoms with Gasteiger partial charge in [-0.05, 0) is 31.9 Å². The number of carbonyl (C=O) groups is 1. The maximum absolute atomic E-state index is 12.5. The van der Waals surface area contributed by atoms with Gasteiger partial charge in [-0.3, -0.25) is 4.79 Å². The number of carbonyl (C=O) groups excluding carboxylic acids is 1. The van der Waals surface area contributed by atoms with Crippen molar-refractivity contribution in [2.24, 2.45) is 0 Å². The Hall–Kier alpha value is -1.26. The summed E-state index contributed by atoms with van der Waals surface area (Å²) in [5, 5.41) is 10.5. The number of hydrogen-bond acceptors (Lipinski definition) is 3. The normalized spacial score (nSPS) is 23.4. The van der Waals surface area contributed by atoms with Gasteiger partial charge >= 0.3 is 0 Å². The van der Waals surface area contributed by atoms with E-state index in [2.05, 4.69) is 0 Å². The summed E-state index contributed by atoms with van der Waals surface area (Å²) in [6.45, 7) is 1.71. The molecule has 1 aliphatic rings. The van der Waals surface area contributed by atoms with Crippen molar-refractivity contribution in [3.63, 3.8) is 0 Å². The van der Waals surface area contributed by atoms with Crippen molar-refractivity contribution >= 4 is 17.5 Å². The Kier molecular flexibility index (Phi) is 5.48. The molecule has 0 saturated heterocycles. The van der Waals surface area contributed by atoms with E-state index in [9.17, 15) is 9.90 Å². The smallest absolute Gasteiger partial charge is 0.263 e. The van der Waals surface area contributed by atoms with Crippen molar-refractivity contribution in [1.29, 1.82) is 0 Å². The largest absolute Gasteiger partial charge is 0.479 e. The van der Waals surface area contributed by atoms with E-state index >= 15 is 0 Å². The summed E-state index contributed by atoms with van der Waals surface area (Å²) in [5.74, 6) is 0.360. The minimum Gasteiger partial charge on any atom is -0.479 e. The van der Waals surface area contributed by atoms with E-state index in [1.165, 1.54) is 0 Å². The quantitative estimate of drug-likeness (QED) is 0.930. The van der Waals surface area contributed by atoms with Crippen LogP contribution in [0.25, 0.3) is 0 Å². The highest BCUT2D eigenvalue weighted by atomic mass is 35.5. The molecule has 21 heavy (non-hydrogen) atoms. The zero-order chi connectivity index (χ0) is 15.4. The minimum atomic E-state index is -0.635. The lowest BCUT2D eigenvalue weighted by molar-refractivity contribution is -0.142. The van der Waals surface area contributed by atoms with Crippen LogP contribution in [0.15, 0.2) is 24.3 Å². The van der Waals surface area contributed by atoms with E-state index in [0.717, 1.165) is 25.7 Å². The molecule has 1 saturated carbocycles. The predicted molar refractivity (Wildman–Crippen MR) is 82.6 cm³/mol. The van der Waals surface area contributed by atoms with Crippen LogP contribution in [0.4, 0.5) is 0 Å². The Bertz CT molecular complexity index is 494. The fourth-order valence-electron chi connectivity index (χ4n) is 2.77. The molecule has 5 heteroatoms. The summed E-state index contributed by atoms with van der Waals surface area (Å²) in [6.07, 6.45) is 2.57. The van der Waals surface area contributed by atoms with Gasteiger partial charge in [0.25, 0.3) is 5.91 Å². The first-order valence-corrected chi connectivity index (χ1v) is 7.74. The van der Waals surface area contributed by atoms with Gasteiger partial charge in [0.2, 0.25) is 0 Å². The SMILES string of the molecule is C[C@H](Oc1ccccc1Cl)C(=O)N(C)[C@@H]1CCCC[C@H]1O. The zero-order valence-corrected chi connectivity index (χ0v) is 13.2. The first kappa shape index (κ1) is 16.1. The summed E-state index contributed by atoms with van der Waals surface area (Å²) < 4.78 is 5.65. The molecule has 0 aromatic heterocycles. The third kappa shape index (κ3) is 3.89. The summed E-state index contributed by atoms with van der Waals surface area (Å²) in [4.78, 5) is 14.1. The summed E-state index contributed by atoms with van der Waals surface area (Å²) in [7, 11) is 1.73. The predicted octanol–water partition coefficient (Wildman–Crippen LogP) is 2.87. The lowest BCUT2D eigenvalue weighted by atomic mass is 9.91. The molecule has 116 valence electrons. The highest BCUT2D eigenvalue weighted by molar-refractivity contribution is 6.32. The number of nitrogens with zero attached hydrogens (tertiary/aromatic N) is 1. The number of hydrogen-bond donors (Lipinski definition) is 1. The second-order valence-corrected chi connectivity index (χ2v) is 5.97. The molecule has 1 fully saturated rings. The molecule has 1 aliphatic carbocycles. The number of amides is 1. The second kappa shape index (κ2) is 7.14. The van der Waals surface area contributed by atoms with Crippen LogP contribution < -0.4 is 4.74 Å². The number of benzene rings is 1. The maximum atomic E-state index is 12.5. The standard InChI is InChI=1S/C16H22ClNO3/c1-11(21-15-10-6-3-7-12(15)17)16(20)18(2)13-8-4-5-9-14(13)19/h3,6-7,10-11,13-14,19H,4-5,8-9H2,1-2H3/t11-,13+,14+/m0/s1. The Morgan fingerprint density at radius 3 is 2.71 bits per heavy atom. The Labute approximate surface area is 130 Å². The third-order valence-electron chi connectivity index (χ3n) is 4.03. The number of ether oxygens (including phenoxy) is 1. The maximum Gasteiger partial charge on any atom is 0.263 e. The topological polar surface area (TPSA) is 49.8 Å². The van der Waals surface area contributed by atoms with Crippen molar-refractivity contribution in [1.82, 2.24) is 4.90 Å². The van der Waals surface area contributed by atoms with Gasteiger partial charge in [-0.15, -0.1) is 0 Å². The van der Waals surface area contributed by atoms with E-state index in [1.807, 2.05) is 12.1 Å². The van der Waals surface area contributed by atoms with Crippen molar-refractivity contribution < 1.29 is 14.6 Å². The van der Waals surface area contributed by atoms with Gasteiger partial charge in [-0.2, -0.15) is 0 Å². The molecule has 0 aliphatic heterocycles. The Balaban J connectivity index is 2.00. The van der Waals surface area contributed by atoms with E-state index in [4.69, 9.17) is 16.3 Å². The van der Waals surface area contributed by atoms with Gasteiger partial charge < -0.3 is 14.7 Å². The van der Waals surface area contributed by atoms with Crippen molar-refractivity contribution in [2.75, 3.05) is 7.05 Å². The molecule has 0 unspecified atom stereocenters. The van der Waals surface area contributed by atoms with Crippen LogP contribution in [0.5, 0.6) is 5.75 Å². The number of aliphatic hydroxyl groups is 1. The van der Waals surface area contributed by atoms with Crippen LogP contribution in [0.3, 0.4) is 0 Å². The number of para-hydroxylation sites is 1. The Morgan fingerprint density at radius 2 is 2.05 bits per heavy atom. The first-order valence-electron chi connectivity index (χ1n) is 7.36. The van der Waals surface area contributed by atoms with Crippen LogP contribution in [0.2, 0.25) is 5.02 Å². The average molecular weight is 312 g/mol. The molecule has 0 bridgehead atoms. The van der Waals surface area contributed by atoms with Gasteiger partial charge in [0.05, 0.1) is 17.2 Å². The molecule has 0 heterocycles. The van der Waals surface area contributed by atoms with E-state index < -0.39 is 12.2 Å². The van der Waals surface area contributed by atoms with Gasteiger partial charge in [-0.1, -0.05) is 36.6 Å². The van der Waals surface area contributed by atoms with Crippen molar-refractivity contribution in [3.8, 4) is 5.75 Å². The molecule has 1 amide bonds. The van der Waals surface area contributed by atoms with Crippen LogP contribution in [0, 0.1) is 0 Å². The number of likely N-dealkylation sites (N-methyl/N-ethyl adjacent to an activating group) is 1. The average Bonchev–Trinajstić information content (AvgIpc) is 2.48. The van der Waals surface area contributed by atoms with Crippen LogP contribution in [-0.4, -0.2) is 41.2 Å². The molecule has 0 radical (unpaired) electrons. The van der Waals surface area contributed by atoms with Crippen LogP contribution in [-0.2, 0) is 4.79 Å². The molecule has 1 aromatic rings. The molecule has 1 N–H and O–H groups in total. The van der Waals surface area contributed by atoms with E-state index in [-0.39, 0.29) is 11.9 Å². The number of aliphatic hydroxyl groups excluding tert-OH is 1. The van der Waals surface area contributed by atoms with Gasteiger partial charge in [0.15, 0.2) is 6.10 Å². The summed E-state index contributed by atoms with van der Waals surface area (Å²) in [6, 6.07) is 6.97. The monoisotopic (exact) mass is 311 g/mol. The molecular weight excluding hydrogens is 290 g/mol. The van der Waals surface area contributed by atoms with Gasteiger partial charge in [-0.25, -0.2) is 0 Å². The fourth-order valence-corrected chi connectivity index (χ4v) is 2.96. The van der Waals surface area contributed by atoms with Crippen molar-refractivity contribution in [2.45, 2.75) is 50.9 Å². The fraction of sp³-hybridized carbons (Fsp3) is 0.562. The van der Waals surface area contributed by atoms with E-state index in [0.29, 0.717) is 10.8 Å².